The molecule has 1 aromatic rings. The van der Waals surface area contributed by atoms with Gasteiger partial charge >= 0.3 is 0 Å². The van der Waals surface area contributed by atoms with Gasteiger partial charge in [-0.05, 0) is 19.3 Å². The van der Waals surface area contributed by atoms with Crippen LogP contribution in [-0.2, 0) is 0 Å². The van der Waals surface area contributed by atoms with Crippen molar-refractivity contribution < 1.29 is 0 Å². The van der Waals surface area contributed by atoms with E-state index in [1.807, 2.05) is 32.1 Å². The van der Waals surface area contributed by atoms with Crippen molar-refractivity contribution in [2.45, 2.75) is 27.2 Å². The number of hydrogen-bond acceptors (Lipinski definition) is 4. The smallest absolute Gasteiger partial charge is 0.225 e. The van der Waals surface area contributed by atoms with Gasteiger partial charge in [-0.15, -0.1) is 0 Å². The second kappa shape index (κ2) is 5.58. The highest BCUT2D eigenvalue weighted by Crippen LogP contribution is 2.17. The zero-order valence-electron chi connectivity index (χ0n) is 10.7. The first-order valence-corrected chi connectivity index (χ1v) is 5.59. The maximum absolute atomic E-state index is 4.41. The van der Waals surface area contributed by atoms with Crippen LogP contribution in [0.4, 0.5) is 11.6 Å². The Morgan fingerprint density at radius 2 is 2.19 bits per heavy atom. The van der Waals surface area contributed by atoms with Crippen LogP contribution >= 0.6 is 0 Å². The number of nitrogens with zero attached hydrogens (tertiary/aromatic N) is 4. The molecule has 0 saturated carbocycles. The zero-order valence-corrected chi connectivity index (χ0v) is 10.7. The minimum atomic E-state index is 0.493. The molecule has 1 heterocycles. The summed E-state index contributed by atoms with van der Waals surface area (Å²) in [5, 5.41) is 0. The molecule has 0 aliphatic heterocycles. The van der Waals surface area contributed by atoms with Crippen LogP contribution in [0.5, 0.6) is 0 Å². The van der Waals surface area contributed by atoms with Crippen LogP contribution < -0.4 is 4.90 Å². The van der Waals surface area contributed by atoms with Gasteiger partial charge in [0.2, 0.25) is 5.95 Å². The fourth-order valence-electron chi connectivity index (χ4n) is 1.10. The number of aliphatic imine (C=N–C) groups is 1. The fourth-order valence-corrected chi connectivity index (χ4v) is 1.10. The second-order valence-corrected chi connectivity index (χ2v) is 4.20. The molecule has 1 aromatic heterocycles. The molecule has 0 spiro atoms. The molecule has 1 rings (SSSR count). The molecule has 0 radical (unpaired) electrons. The number of hydrogen-bond donors (Lipinski definition) is 0. The molecule has 88 valence electrons. The van der Waals surface area contributed by atoms with Crippen molar-refractivity contribution in [2.24, 2.45) is 10.9 Å². The molecule has 16 heavy (non-hydrogen) atoms. The topological polar surface area (TPSA) is 41.4 Å². The van der Waals surface area contributed by atoms with E-state index in [2.05, 4.69) is 28.8 Å². The summed E-state index contributed by atoms with van der Waals surface area (Å²) in [4.78, 5) is 14.9. The van der Waals surface area contributed by atoms with Crippen molar-refractivity contribution >= 4 is 17.9 Å². The summed E-state index contributed by atoms with van der Waals surface area (Å²) in [5.41, 5.74) is 1.77. The summed E-state index contributed by atoms with van der Waals surface area (Å²) in [6.07, 6.45) is 4.83. The van der Waals surface area contributed by atoms with Gasteiger partial charge in [-0.2, -0.15) is 0 Å². The van der Waals surface area contributed by atoms with Crippen LogP contribution in [0, 0.1) is 12.8 Å². The lowest BCUT2D eigenvalue weighted by Crippen LogP contribution is -2.12. The molecule has 4 nitrogen and oxygen atoms in total. The Hall–Kier alpha value is -1.45. The van der Waals surface area contributed by atoms with Crippen LogP contribution in [0.25, 0.3) is 0 Å². The van der Waals surface area contributed by atoms with Gasteiger partial charge in [-0.1, -0.05) is 13.8 Å². The Labute approximate surface area is 97.4 Å². The van der Waals surface area contributed by atoms with Crippen LogP contribution in [0.1, 0.15) is 26.0 Å². The lowest BCUT2D eigenvalue weighted by Gasteiger charge is -2.10. The third kappa shape index (κ3) is 3.29. The summed E-state index contributed by atoms with van der Waals surface area (Å²) in [5.74, 6) is 1.22. The average Bonchev–Trinajstić information content (AvgIpc) is 2.26. The van der Waals surface area contributed by atoms with E-state index in [0.717, 1.165) is 23.8 Å². The first-order chi connectivity index (χ1) is 7.54. The molecule has 0 bridgehead atoms. The van der Waals surface area contributed by atoms with Crippen LogP contribution in [-0.4, -0.2) is 30.3 Å². The van der Waals surface area contributed by atoms with E-state index in [1.54, 1.807) is 6.20 Å². The van der Waals surface area contributed by atoms with Crippen molar-refractivity contribution in [3.63, 3.8) is 0 Å². The first-order valence-electron chi connectivity index (χ1n) is 5.59. The van der Waals surface area contributed by atoms with Gasteiger partial charge in [-0.3, -0.25) is 4.99 Å². The normalized spacial score (nSPS) is 13.1. The molecule has 1 atom stereocenters. The summed E-state index contributed by atoms with van der Waals surface area (Å²) in [6, 6.07) is 0. The fraction of sp³-hybridized carbons (Fsp3) is 0.583. The van der Waals surface area contributed by atoms with Gasteiger partial charge in [0.25, 0.3) is 0 Å². The van der Waals surface area contributed by atoms with Gasteiger partial charge in [0.15, 0.2) is 0 Å². The number of anilines is 1. The van der Waals surface area contributed by atoms with Crippen molar-refractivity contribution in [3.8, 4) is 0 Å². The summed E-state index contributed by atoms with van der Waals surface area (Å²) >= 11 is 0. The van der Waals surface area contributed by atoms with E-state index in [4.69, 9.17) is 0 Å². The second-order valence-electron chi connectivity index (χ2n) is 4.20. The van der Waals surface area contributed by atoms with Crippen molar-refractivity contribution in [1.82, 2.24) is 9.97 Å². The number of aromatic nitrogens is 2. The standard InChI is InChI=1S/C12H20N4/c1-6-9(2)7-13-11-8-14-12(16(4)5)15-10(11)3/h7-9H,6H2,1-5H3. The van der Waals surface area contributed by atoms with E-state index in [-0.39, 0.29) is 0 Å². The van der Waals surface area contributed by atoms with E-state index >= 15 is 0 Å². The SMILES string of the molecule is CCC(C)C=Nc1cnc(N(C)C)nc1C. The highest BCUT2D eigenvalue weighted by molar-refractivity contribution is 5.65. The highest BCUT2D eigenvalue weighted by atomic mass is 15.2. The molecule has 0 fully saturated rings. The first kappa shape index (κ1) is 12.6. The highest BCUT2D eigenvalue weighted by Gasteiger charge is 2.03. The molecule has 0 N–H and O–H groups in total. The molecular weight excluding hydrogens is 200 g/mol. The van der Waals surface area contributed by atoms with E-state index in [0.29, 0.717) is 5.92 Å². The number of rotatable bonds is 4. The van der Waals surface area contributed by atoms with Crippen molar-refractivity contribution in [2.75, 3.05) is 19.0 Å². The van der Waals surface area contributed by atoms with Crippen LogP contribution in [0.3, 0.4) is 0 Å². The average molecular weight is 220 g/mol. The Morgan fingerprint density at radius 1 is 1.50 bits per heavy atom. The van der Waals surface area contributed by atoms with Crippen LogP contribution in [0.15, 0.2) is 11.2 Å². The summed E-state index contributed by atoms with van der Waals surface area (Å²) in [7, 11) is 3.85. The Bertz CT molecular complexity index is 371. The quantitative estimate of drug-likeness (QED) is 0.732. The predicted molar refractivity (Wildman–Crippen MR) is 68.7 cm³/mol. The van der Waals surface area contributed by atoms with Gasteiger partial charge < -0.3 is 4.90 Å². The van der Waals surface area contributed by atoms with Crippen molar-refractivity contribution in [3.05, 3.63) is 11.9 Å². The monoisotopic (exact) mass is 220 g/mol. The zero-order chi connectivity index (χ0) is 12.1. The van der Waals surface area contributed by atoms with E-state index in [1.165, 1.54) is 0 Å². The molecule has 0 aliphatic rings. The Kier molecular flexibility index (Phi) is 4.40. The largest absolute Gasteiger partial charge is 0.347 e. The molecular formula is C12H20N4. The maximum Gasteiger partial charge on any atom is 0.225 e. The van der Waals surface area contributed by atoms with E-state index < -0.39 is 0 Å². The molecule has 0 saturated heterocycles. The molecule has 4 heteroatoms. The summed E-state index contributed by atoms with van der Waals surface area (Å²) < 4.78 is 0. The molecule has 1 unspecified atom stereocenters. The molecule has 0 aliphatic carbocycles. The molecule has 0 amide bonds. The lowest BCUT2D eigenvalue weighted by molar-refractivity contribution is 0.754. The van der Waals surface area contributed by atoms with Gasteiger partial charge in [0.1, 0.15) is 5.69 Å². The maximum atomic E-state index is 4.41. The predicted octanol–water partition coefficient (Wildman–Crippen LogP) is 2.60. The minimum Gasteiger partial charge on any atom is -0.347 e. The Morgan fingerprint density at radius 3 is 2.69 bits per heavy atom. The van der Waals surface area contributed by atoms with Gasteiger partial charge in [0.05, 0.1) is 11.9 Å². The van der Waals surface area contributed by atoms with E-state index in [9.17, 15) is 0 Å². The third-order valence-corrected chi connectivity index (χ3v) is 2.45. The van der Waals surface area contributed by atoms with Gasteiger partial charge in [-0.25, -0.2) is 9.97 Å². The minimum absolute atomic E-state index is 0.493. The Balaban J connectivity index is 2.87. The van der Waals surface area contributed by atoms with Crippen molar-refractivity contribution in [1.29, 1.82) is 0 Å². The van der Waals surface area contributed by atoms with Crippen LogP contribution in [0.2, 0.25) is 0 Å². The summed E-state index contributed by atoms with van der Waals surface area (Å²) in [6.45, 7) is 6.25. The van der Waals surface area contributed by atoms with Gasteiger partial charge in [0, 0.05) is 20.3 Å². The lowest BCUT2D eigenvalue weighted by atomic mass is 10.1. The third-order valence-electron chi connectivity index (χ3n) is 2.45. The molecule has 0 aromatic carbocycles. The number of aryl methyl sites for hydroxylation is 1.